The van der Waals surface area contributed by atoms with Crippen LogP contribution in [0.3, 0.4) is 0 Å². The highest BCUT2D eigenvalue weighted by Gasteiger charge is 2.28. The maximum absolute atomic E-state index is 12.2. The molecule has 1 N–H and O–H groups in total. The molecule has 2 aromatic rings. The summed E-state index contributed by atoms with van der Waals surface area (Å²) in [6.07, 6.45) is 7.51. The molecule has 1 fully saturated rings. The van der Waals surface area contributed by atoms with Gasteiger partial charge in [-0.05, 0) is 69.1 Å². The molecular formula is C23H30N4O2. The molecule has 0 bridgehead atoms. The Morgan fingerprint density at radius 1 is 1.07 bits per heavy atom. The van der Waals surface area contributed by atoms with Gasteiger partial charge in [0.25, 0.3) is 0 Å². The molecule has 6 nitrogen and oxygen atoms in total. The van der Waals surface area contributed by atoms with Crippen molar-refractivity contribution in [2.75, 3.05) is 18.4 Å². The van der Waals surface area contributed by atoms with Crippen molar-refractivity contribution in [2.45, 2.75) is 64.0 Å². The summed E-state index contributed by atoms with van der Waals surface area (Å²) in [4.78, 5) is 23.1. The molecular weight excluding hydrogens is 364 g/mol. The SMILES string of the molecule is CC(C)(C)OC(=O)N1CCC(c2cnc(NC3Cc4ccccc4C3)nc2)CC1. The normalized spacial score (nSPS) is 17.8. The van der Waals surface area contributed by atoms with E-state index in [0.717, 1.165) is 31.2 Å². The number of hydrogen-bond acceptors (Lipinski definition) is 5. The fraction of sp³-hybridized carbons (Fsp3) is 0.522. The third kappa shape index (κ3) is 4.86. The molecule has 6 heteroatoms. The first-order chi connectivity index (χ1) is 13.9. The average Bonchev–Trinajstić information content (AvgIpc) is 3.10. The molecule has 1 aromatic heterocycles. The second-order valence-corrected chi connectivity index (χ2v) is 9.10. The molecule has 154 valence electrons. The zero-order valence-corrected chi connectivity index (χ0v) is 17.5. The lowest BCUT2D eigenvalue weighted by Gasteiger charge is -2.33. The van der Waals surface area contributed by atoms with E-state index in [9.17, 15) is 4.79 Å². The van der Waals surface area contributed by atoms with Gasteiger partial charge in [-0.1, -0.05) is 24.3 Å². The number of carbonyl (C=O) groups excluding carboxylic acids is 1. The topological polar surface area (TPSA) is 67.3 Å². The van der Waals surface area contributed by atoms with Gasteiger partial charge < -0.3 is 15.0 Å². The van der Waals surface area contributed by atoms with Gasteiger partial charge in [0.15, 0.2) is 0 Å². The number of ether oxygens (including phenoxy) is 1. The van der Waals surface area contributed by atoms with Crippen LogP contribution in [0, 0.1) is 0 Å². The summed E-state index contributed by atoms with van der Waals surface area (Å²) in [5.41, 5.74) is 3.52. The van der Waals surface area contributed by atoms with E-state index in [2.05, 4.69) is 39.6 Å². The van der Waals surface area contributed by atoms with Gasteiger partial charge in [-0.3, -0.25) is 0 Å². The Morgan fingerprint density at radius 3 is 2.21 bits per heavy atom. The number of amides is 1. The number of piperidine rings is 1. The Morgan fingerprint density at radius 2 is 1.66 bits per heavy atom. The van der Waals surface area contributed by atoms with Crippen molar-refractivity contribution in [3.05, 3.63) is 53.3 Å². The van der Waals surface area contributed by atoms with Gasteiger partial charge >= 0.3 is 6.09 Å². The monoisotopic (exact) mass is 394 g/mol. The summed E-state index contributed by atoms with van der Waals surface area (Å²) >= 11 is 0. The van der Waals surface area contributed by atoms with Crippen LogP contribution in [0.5, 0.6) is 0 Å². The Balaban J connectivity index is 1.29. The minimum atomic E-state index is -0.453. The predicted molar refractivity (Wildman–Crippen MR) is 113 cm³/mol. The van der Waals surface area contributed by atoms with Crippen LogP contribution in [0.1, 0.15) is 56.2 Å². The van der Waals surface area contributed by atoms with Crippen LogP contribution < -0.4 is 5.32 Å². The van der Waals surface area contributed by atoms with Gasteiger partial charge in [-0.2, -0.15) is 0 Å². The van der Waals surface area contributed by atoms with E-state index in [1.807, 2.05) is 33.2 Å². The van der Waals surface area contributed by atoms with E-state index in [1.54, 1.807) is 4.90 Å². The largest absolute Gasteiger partial charge is 0.444 e. The second-order valence-electron chi connectivity index (χ2n) is 9.10. The van der Waals surface area contributed by atoms with Crippen LogP contribution in [-0.2, 0) is 17.6 Å². The van der Waals surface area contributed by atoms with Gasteiger partial charge in [0.1, 0.15) is 5.60 Å². The molecule has 2 heterocycles. The Kier molecular flexibility index (Phi) is 5.43. The minimum Gasteiger partial charge on any atom is -0.444 e. The van der Waals surface area contributed by atoms with E-state index < -0.39 is 5.60 Å². The van der Waals surface area contributed by atoms with E-state index in [4.69, 9.17) is 4.74 Å². The second kappa shape index (κ2) is 8.01. The van der Waals surface area contributed by atoms with Gasteiger partial charge in [-0.25, -0.2) is 14.8 Å². The van der Waals surface area contributed by atoms with Crippen LogP contribution >= 0.6 is 0 Å². The fourth-order valence-electron chi connectivity index (χ4n) is 4.19. The maximum atomic E-state index is 12.2. The number of aromatic nitrogens is 2. The van der Waals surface area contributed by atoms with E-state index in [1.165, 1.54) is 11.1 Å². The molecule has 1 aliphatic carbocycles. The molecule has 1 amide bonds. The first-order valence-corrected chi connectivity index (χ1v) is 10.5. The highest BCUT2D eigenvalue weighted by molar-refractivity contribution is 5.68. The number of nitrogens with one attached hydrogen (secondary N) is 1. The highest BCUT2D eigenvalue weighted by atomic mass is 16.6. The number of nitrogens with zero attached hydrogens (tertiary/aromatic N) is 3. The first-order valence-electron chi connectivity index (χ1n) is 10.5. The zero-order chi connectivity index (χ0) is 20.4. The molecule has 0 atom stereocenters. The molecule has 1 aromatic carbocycles. The molecule has 0 spiro atoms. The van der Waals surface area contributed by atoms with Crippen LogP contribution in [0.4, 0.5) is 10.7 Å². The van der Waals surface area contributed by atoms with E-state index >= 15 is 0 Å². The third-order valence-corrected chi connectivity index (χ3v) is 5.67. The lowest BCUT2D eigenvalue weighted by molar-refractivity contribution is 0.0205. The highest BCUT2D eigenvalue weighted by Crippen LogP contribution is 2.29. The fourth-order valence-corrected chi connectivity index (χ4v) is 4.19. The van der Waals surface area contributed by atoms with Crippen molar-refractivity contribution in [1.82, 2.24) is 14.9 Å². The van der Waals surface area contributed by atoms with Crippen molar-refractivity contribution in [3.63, 3.8) is 0 Å². The summed E-state index contributed by atoms with van der Waals surface area (Å²) in [6.45, 7) is 7.11. The van der Waals surface area contributed by atoms with E-state index in [0.29, 0.717) is 31.0 Å². The molecule has 0 radical (unpaired) electrons. The van der Waals surface area contributed by atoms with Crippen molar-refractivity contribution in [3.8, 4) is 0 Å². The number of carbonyl (C=O) groups is 1. The van der Waals surface area contributed by atoms with Crippen molar-refractivity contribution >= 4 is 12.0 Å². The van der Waals surface area contributed by atoms with Gasteiger partial charge in [0, 0.05) is 31.5 Å². The summed E-state index contributed by atoms with van der Waals surface area (Å²) in [6, 6.07) is 8.95. The number of rotatable bonds is 3. The number of fused-ring (bicyclic) bond motifs is 1. The zero-order valence-electron chi connectivity index (χ0n) is 17.5. The van der Waals surface area contributed by atoms with E-state index in [-0.39, 0.29) is 6.09 Å². The van der Waals surface area contributed by atoms with Crippen molar-refractivity contribution in [1.29, 1.82) is 0 Å². The van der Waals surface area contributed by atoms with Crippen LogP contribution in [0.25, 0.3) is 0 Å². The Labute approximate surface area is 172 Å². The van der Waals surface area contributed by atoms with Crippen LogP contribution in [0.2, 0.25) is 0 Å². The molecule has 2 aliphatic rings. The number of benzene rings is 1. The lowest BCUT2D eigenvalue weighted by Crippen LogP contribution is -2.41. The predicted octanol–water partition coefficient (Wildman–Crippen LogP) is 4.17. The molecule has 0 saturated carbocycles. The lowest BCUT2D eigenvalue weighted by atomic mass is 9.91. The summed E-state index contributed by atoms with van der Waals surface area (Å²) in [7, 11) is 0. The maximum Gasteiger partial charge on any atom is 0.410 e. The van der Waals surface area contributed by atoms with Crippen LogP contribution in [-0.4, -0.2) is 45.7 Å². The Hall–Kier alpha value is -2.63. The smallest absolute Gasteiger partial charge is 0.410 e. The van der Waals surface area contributed by atoms with Gasteiger partial charge in [0.2, 0.25) is 5.95 Å². The molecule has 1 saturated heterocycles. The average molecular weight is 395 g/mol. The summed E-state index contributed by atoms with van der Waals surface area (Å²) in [5, 5.41) is 3.47. The number of anilines is 1. The van der Waals surface area contributed by atoms with Gasteiger partial charge in [-0.15, -0.1) is 0 Å². The third-order valence-electron chi connectivity index (χ3n) is 5.67. The quantitative estimate of drug-likeness (QED) is 0.846. The standard InChI is InChI=1S/C23H30N4O2/c1-23(2,3)29-22(28)27-10-8-16(9-11-27)19-14-24-21(25-15-19)26-20-12-17-6-4-5-7-18(17)13-20/h4-7,14-16,20H,8-13H2,1-3H3,(H,24,25,26). The molecule has 0 unspecified atom stereocenters. The molecule has 4 rings (SSSR count). The van der Waals surface area contributed by atoms with Crippen molar-refractivity contribution < 1.29 is 9.53 Å². The summed E-state index contributed by atoms with van der Waals surface area (Å²) in [5.74, 6) is 1.08. The van der Waals surface area contributed by atoms with Crippen molar-refractivity contribution in [2.24, 2.45) is 0 Å². The van der Waals surface area contributed by atoms with Crippen LogP contribution in [0.15, 0.2) is 36.7 Å². The first kappa shape index (κ1) is 19.7. The number of likely N-dealkylation sites (tertiary alicyclic amines) is 1. The Bertz CT molecular complexity index is 827. The molecule has 29 heavy (non-hydrogen) atoms. The molecule has 1 aliphatic heterocycles. The summed E-state index contributed by atoms with van der Waals surface area (Å²) < 4.78 is 5.47. The van der Waals surface area contributed by atoms with Gasteiger partial charge in [0.05, 0.1) is 0 Å². The minimum absolute atomic E-state index is 0.218. The number of hydrogen-bond donors (Lipinski definition) is 1.